The van der Waals surface area contributed by atoms with Crippen LogP contribution in [0.15, 0.2) is 41.3 Å². The van der Waals surface area contributed by atoms with Gasteiger partial charge in [-0.2, -0.15) is 0 Å². The lowest BCUT2D eigenvalue weighted by Gasteiger charge is -2.45. The van der Waals surface area contributed by atoms with Crippen molar-refractivity contribution in [1.82, 2.24) is 0 Å². The Balaban J connectivity index is 1.85. The molecule has 2 aromatic carbocycles. The van der Waals surface area contributed by atoms with Crippen molar-refractivity contribution in [3.8, 4) is 5.75 Å². The van der Waals surface area contributed by atoms with Crippen molar-refractivity contribution < 1.29 is 9.66 Å². The van der Waals surface area contributed by atoms with Crippen LogP contribution in [0.3, 0.4) is 0 Å². The number of nitro benzene ring substituents is 1. The average molecular weight is 412 g/mol. The van der Waals surface area contributed by atoms with Crippen LogP contribution in [-0.4, -0.2) is 38.0 Å². The van der Waals surface area contributed by atoms with Crippen LogP contribution in [0.5, 0.6) is 5.75 Å². The van der Waals surface area contributed by atoms with Crippen molar-refractivity contribution in [2.75, 3.05) is 38.1 Å². The zero-order valence-electron chi connectivity index (χ0n) is 17.5. The molecule has 152 valence electrons. The van der Waals surface area contributed by atoms with E-state index in [-0.39, 0.29) is 21.7 Å². The maximum absolute atomic E-state index is 11.4. The highest BCUT2D eigenvalue weighted by Crippen LogP contribution is 2.61. The van der Waals surface area contributed by atoms with E-state index < -0.39 is 4.92 Å². The summed E-state index contributed by atoms with van der Waals surface area (Å²) in [5.74, 6) is 0.289. The summed E-state index contributed by atoms with van der Waals surface area (Å²) in [6, 6.07) is 9.98. The SMILES string of the molecule is COc1cc2c(cc1[N+](=O)[O-])C=CC1(S2)N(C)c2ccc(N(C)C)cc2C1(C)C. The second kappa shape index (κ2) is 6.42. The van der Waals surface area contributed by atoms with Gasteiger partial charge in [0.1, 0.15) is 4.87 Å². The summed E-state index contributed by atoms with van der Waals surface area (Å²) in [6.07, 6.45) is 4.20. The van der Waals surface area contributed by atoms with Gasteiger partial charge in [0.2, 0.25) is 0 Å². The van der Waals surface area contributed by atoms with Gasteiger partial charge in [-0.3, -0.25) is 10.1 Å². The number of rotatable bonds is 3. The first-order chi connectivity index (χ1) is 13.6. The number of nitro groups is 1. The second-order valence-corrected chi connectivity index (χ2v) is 9.50. The molecule has 0 saturated heterocycles. The lowest BCUT2D eigenvalue weighted by Crippen LogP contribution is -2.50. The first kappa shape index (κ1) is 19.6. The number of fused-ring (bicyclic) bond motifs is 2. The Kier molecular flexibility index (Phi) is 4.35. The van der Waals surface area contributed by atoms with Crippen LogP contribution in [0.4, 0.5) is 17.1 Å². The van der Waals surface area contributed by atoms with Gasteiger partial charge in [-0.15, -0.1) is 0 Å². The van der Waals surface area contributed by atoms with E-state index >= 15 is 0 Å². The first-order valence-corrected chi connectivity index (χ1v) is 10.2. The molecule has 4 rings (SSSR count). The highest BCUT2D eigenvalue weighted by molar-refractivity contribution is 8.01. The molecule has 0 radical (unpaired) electrons. The molecule has 2 aliphatic rings. The summed E-state index contributed by atoms with van der Waals surface area (Å²) in [7, 11) is 7.69. The van der Waals surface area contributed by atoms with Gasteiger partial charge >= 0.3 is 5.69 Å². The molecule has 29 heavy (non-hydrogen) atoms. The Hall–Kier alpha value is -2.67. The quantitative estimate of drug-likeness (QED) is 0.528. The fourth-order valence-electron chi connectivity index (χ4n) is 4.40. The summed E-state index contributed by atoms with van der Waals surface area (Å²) in [4.78, 5) is 16.1. The Morgan fingerprint density at radius 1 is 1.21 bits per heavy atom. The average Bonchev–Trinajstić information content (AvgIpc) is 2.85. The van der Waals surface area contributed by atoms with Crippen molar-refractivity contribution in [3.05, 3.63) is 57.6 Å². The number of ether oxygens (including phenoxy) is 1. The third-order valence-electron chi connectivity index (χ3n) is 6.19. The van der Waals surface area contributed by atoms with Gasteiger partial charge in [0, 0.05) is 55.0 Å². The second-order valence-electron chi connectivity index (χ2n) is 8.23. The molecule has 2 aromatic rings. The maximum atomic E-state index is 11.4. The summed E-state index contributed by atoms with van der Waals surface area (Å²) >= 11 is 1.73. The third-order valence-corrected chi connectivity index (χ3v) is 7.99. The Bertz CT molecular complexity index is 1050. The van der Waals surface area contributed by atoms with Crippen LogP contribution in [0, 0.1) is 10.1 Å². The predicted molar refractivity (Wildman–Crippen MR) is 119 cm³/mol. The van der Waals surface area contributed by atoms with Gasteiger partial charge in [0.25, 0.3) is 0 Å². The number of nitrogens with zero attached hydrogens (tertiary/aromatic N) is 3. The van der Waals surface area contributed by atoms with Gasteiger partial charge in [-0.05, 0) is 35.4 Å². The van der Waals surface area contributed by atoms with Crippen LogP contribution in [0.2, 0.25) is 0 Å². The van der Waals surface area contributed by atoms with Crippen LogP contribution < -0.4 is 14.5 Å². The molecule has 1 atom stereocenters. The minimum Gasteiger partial charge on any atom is -0.490 e. The Morgan fingerprint density at radius 3 is 2.55 bits per heavy atom. The van der Waals surface area contributed by atoms with Gasteiger partial charge in [-0.1, -0.05) is 31.7 Å². The van der Waals surface area contributed by atoms with E-state index in [0.717, 1.165) is 10.5 Å². The summed E-state index contributed by atoms with van der Waals surface area (Å²) in [6.45, 7) is 4.53. The highest BCUT2D eigenvalue weighted by Gasteiger charge is 2.56. The molecule has 6 nitrogen and oxygen atoms in total. The molecule has 1 spiro atoms. The van der Waals surface area contributed by atoms with Gasteiger partial charge in [-0.25, -0.2) is 0 Å². The molecule has 2 heterocycles. The van der Waals surface area contributed by atoms with E-state index in [1.807, 2.05) is 20.2 Å². The molecule has 0 fully saturated rings. The van der Waals surface area contributed by atoms with E-state index in [2.05, 4.69) is 55.0 Å². The molecule has 1 unspecified atom stereocenters. The van der Waals surface area contributed by atoms with Crippen molar-refractivity contribution in [2.45, 2.75) is 29.0 Å². The van der Waals surface area contributed by atoms with Crippen molar-refractivity contribution >= 4 is 34.9 Å². The predicted octanol–water partition coefficient (Wildman–Crippen LogP) is 4.91. The first-order valence-electron chi connectivity index (χ1n) is 9.43. The molecule has 0 bridgehead atoms. The number of thioether (sulfide) groups is 1. The number of hydrogen-bond acceptors (Lipinski definition) is 6. The minimum atomic E-state index is -0.397. The largest absolute Gasteiger partial charge is 0.490 e. The fourth-order valence-corrected chi connectivity index (χ4v) is 5.88. The standard InChI is InChI=1S/C22H25N3O3S/c1-21(2)16-12-15(23(3)4)7-8-17(16)24(5)22(21)10-9-14-11-18(25(26)27)19(28-6)13-20(14)29-22/h7-13H,1-6H3. The summed E-state index contributed by atoms with van der Waals surface area (Å²) < 4.78 is 5.31. The molecule has 2 aliphatic heterocycles. The van der Waals surface area contributed by atoms with Crippen molar-refractivity contribution in [3.63, 3.8) is 0 Å². The molecule has 0 amide bonds. The fraction of sp³-hybridized carbons (Fsp3) is 0.364. The van der Waals surface area contributed by atoms with E-state index in [0.29, 0.717) is 0 Å². The van der Waals surface area contributed by atoms with E-state index in [4.69, 9.17) is 4.74 Å². The monoisotopic (exact) mass is 411 g/mol. The van der Waals surface area contributed by atoms with Crippen LogP contribution in [0.1, 0.15) is 25.0 Å². The summed E-state index contributed by atoms with van der Waals surface area (Å²) in [5, 5.41) is 11.4. The summed E-state index contributed by atoms with van der Waals surface area (Å²) in [5.41, 5.74) is 4.32. The normalized spacial score (nSPS) is 21.1. The topological polar surface area (TPSA) is 58.9 Å². The zero-order chi connectivity index (χ0) is 21.1. The zero-order valence-corrected chi connectivity index (χ0v) is 18.3. The van der Waals surface area contributed by atoms with Crippen molar-refractivity contribution in [1.29, 1.82) is 0 Å². The van der Waals surface area contributed by atoms with E-state index in [1.165, 1.54) is 24.0 Å². The number of benzene rings is 2. The Labute approximate surface area is 175 Å². The molecule has 0 aliphatic carbocycles. The van der Waals surface area contributed by atoms with E-state index in [9.17, 15) is 10.1 Å². The lowest BCUT2D eigenvalue weighted by molar-refractivity contribution is -0.385. The third kappa shape index (κ3) is 2.64. The number of methoxy groups -OCH3 is 1. The molecule has 0 aromatic heterocycles. The van der Waals surface area contributed by atoms with Gasteiger partial charge < -0.3 is 14.5 Å². The highest BCUT2D eigenvalue weighted by atomic mass is 32.2. The Morgan fingerprint density at radius 2 is 1.93 bits per heavy atom. The number of likely N-dealkylation sites (N-methyl/N-ethyl adjacent to an activating group) is 1. The molecular formula is C22H25N3O3S. The van der Waals surface area contributed by atoms with Crippen LogP contribution in [0.25, 0.3) is 6.08 Å². The molecule has 0 saturated carbocycles. The molecule has 0 N–H and O–H groups in total. The van der Waals surface area contributed by atoms with E-state index in [1.54, 1.807) is 23.9 Å². The van der Waals surface area contributed by atoms with Crippen LogP contribution in [-0.2, 0) is 5.41 Å². The number of anilines is 2. The number of hydrogen-bond donors (Lipinski definition) is 0. The van der Waals surface area contributed by atoms with Crippen molar-refractivity contribution in [2.24, 2.45) is 0 Å². The molecular weight excluding hydrogens is 386 g/mol. The lowest BCUT2D eigenvalue weighted by atomic mass is 9.79. The molecule has 7 heteroatoms. The van der Waals surface area contributed by atoms with Crippen LogP contribution >= 0.6 is 11.8 Å². The minimum absolute atomic E-state index is 0.00889. The maximum Gasteiger partial charge on any atom is 0.311 e. The van der Waals surface area contributed by atoms with Gasteiger partial charge in [0.05, 0.1) is 12.0 Å². The smallest absolute Gasteiger partial charge is 0.311 e. The van der Waals surface area contributed by atoms with Gasteiger partial charge in [0.15, 0.2) is 5.75 Å².